The fourth-order valence-electron chi connectivity index (χ4n) is 4.74. The van der Waals surface area contributed by atoms with Crippen LogP contribution in [-0.4, -0.2) is 44.3 Å². The number of unbranched alkanes of at least 4 members (excludes halogenated alkanes) is 1. The Labute approximate surface area is 228 Å². The summed E-state index contributed by atoms with van der Waals surface area (Å²) in [5.74, 6) is 0.680. The van der Waals surface area contributed by atoms with E-state index in [4.69, 9.17) is 15.2 Å². The first-order chi connectivity index (χ1) is 18.9. The predicted molar refractivity (Wildman–Crippen MR) is 151 cm³/mol. The number of methoxy groups -OCH3 is 1. The van der Waals surface area contributed by atoms with Crippen molar-refractivity contribution in [3.8, 4) is 22.8 Å². The highest BCUT2D eigenvalue weighted by Crippen LogP contribution is 2.45. The molecule has 2 heterocycles. The SMILES string of the molecule is CCCCN(C(N)=O)c1ccc2c(c1)c(-c1ccccc1OC)c(OC(=O)O)n2Cc1ccc2nsnc2c1. The number of amides is 2. The van der Waals surface area contributed by atoms with Crippen LogP contribution in [-0.2, 0) is 6.54 Å². The minimum absolute atomic E-state index is 0.134. The third-order valence-electron chi connectivity index (χ3n) is 6.53. The number of fused-ring (bicyclic) bond motifs is 2. The van der Waals surface area contributed by atoms with E-state index in [9.17, 15) is 14.7 Å². The molecule has 2 amide bonds. The van der Waals surface area contributed by atoms with Crippen molar-refractivity contribution in [1.29, 1.82) is 0 Å². The van der Waals surface area contributed by atoms with Crippen LogP contribution in [0.1, 0.15) is 25.3 Å². The molecule has 0 aliphatic carbocycles. The molecule has 11 heteroatoms. The number of carboxylic acid groups (broad SMARTS) is 1. The molecular formula is C28H27N5O5S. The maximum atomic E-state index is 12.4. The van der Waals surface area contributed by atoms with Crippen molar-refractivity contribution < 1.29 is 24.2 Å². The van der Waals surface area contributed by atoms with E-state index in [2.05, 4.69) is 8.75 Å². The molecule has 10 nitrogen and oxygen atoms in total. The molecule has 0 saturated carbocycles. The number of anilines is 1. The van der Waals surface area contributed by atoms with Crippen molar-refractivity contribution in [2.45, 2.75) is 26.3 Å². The lowest BCUT2D eigenvalue weighted by molar-refractivity contribution is 0.141. The first-order valence-corrected chi connectivity index (χ1v) is 13.1. The van der Waals surface area contributed by atoms with Crippen molar-refractivity contribution in [2.24, 2.45) is 5.73 Å². The minimum atomic E-state index is -1.45. The quantitative estimate of drug-likeness (QED) is 0.213. The maximum absolute atomic E-state index is 12.4. The van der Waals surface area contributed by atoms with Gasteiger partial charge in [0.15, 0.2) is 0 Å². The molecule has 2 aromatic heterocycles. The fraction of sp³-hybridized carbons (Fsp3) is 0.214. The van der Waals surface area contributed by atoms with E-state index in [1.165, 1.54) is 4.90 Å². The molecule has 0 fully saturated rings. The van der Waals surface area contributed by atoms with Gasteiger partial charge in [0, 0.05) is 23.2 Å². The number of ether oxygens (including phenoxy) is 2. The molecule has 39 heavy (non-hydrogen) atoms. The second-order valence-corrected chi connectivity index (χ2v) is 9.50. The Morgan fingerprint density at radius 3 is 2.62 bits per heavy atom. The van der Waals surface area contributed by atoms with Crippen molar-refractivity contribution >= 4 is 51.5 Å². The van der Waals surface area contributed by atoms with Crippen molar-refractivity contribution in [1.82, 2.24) is 13.3 Å². The predicted octanol–water partition coefficient (Wildman–Crippen LogP) is 6.11. The third-order valence-corrected chi connectivity index (χ3v) is 7.09. The third kappa shape index (κ3) is 5.08. The molecule has 0 bridgehead atoms. The van der Waals surface area contributed by atoms with Gasteiger partial charge in [0.2, 0.25) is 5.88 Å². The summed E-state index contributed by atoms with van der Waals surface area (Å²) in [6.45, 7) is 2.80. The molecule has 0 unspecified atom stereocenters. The van der Waals surface area contributed by atoms with Crippen LogP contribution in [0, 0.1) is 0 Å². The number of nitrogens with zero attached hydrogens (tertiary/aromatic N) is 4. The zero-order chi connectivity index (χ0) is 27.5. The number of rotatable bonds is 9. The van der Waals surface area contributed by atoms with Gasteiger partial charge in [-0.3, -0.25) is 4.90 Å². The van der Waals surface area contributed by atoms with E-state index >= 15 is 0 Å². The molecule has 0 saturated heterocycles. The Morgan fingerprint density at radius 1 is 1.08 bits per heavy atom. The van der Waals surface area contributed by atoms with Crippen LogP contribution in [0.3, 0.4) is 0 Å². The van der Waals surface area contributed by atoms with Crippen molar-refractivity contribution in [2.75, 3.05) is 18.6 Å². The Hall–Kier alpha value is -4.64. The van der Waals surface area contributed by atoms with Gasteiger partial charge in [-0.2, -0.15) is 8.75 Å². The smallest absolute Gasteiger partial charge is 0.496 e. The van der Waals surface area contributed by atoms with E-state index < -0.39 is 12.2 Å². The summed E-state index contributed by atoms with van der Waals surface area (Å²) >= 11 is 1.13. The highest BCUT2D eigenvalue weighted by molar-refractivity contribution is 7.00. The monoisotopic (exact) mass is 545 g/mol. The standard InChI is InChI=1S/C28H27N5O5S/c1-3-4-13-32(27(29)34)18-10-12-23-20(15-18)25(19-7-5-6-8-24(19)37-2)26(38-28(35)36)33(23)16-17-9-11-21-22(14-17)31-39-30-21/h5-12,14-15H,3-4,13,16H2,1-2H3,(H2,29,34)(H,35,36). The fourth-order valence-corrected chi connectivity index (χ4v) is 5.25. The average molecular weight is 546 g/mol. The normalized spacial score (nSPS) is 11.1. The lowest BCUT2D eigenvalue weighted by Crippen LogP contribution is -2.36. The summed E-state index contributed by atoms with van der Waals surface area (Å²) in [5.41, 5.74) is 10.7. The van der Waals surface area contributed by atoms with Gasteiger partial charge in [0.25, 0.3) is 0 Å². The Bertz CT molecular complexity index is 1680. The number of hydrogen-bond donors (Lipinski definition) is 2. The van der Waals surface area contributed by atoms with Crippen LogP contribution in [0.5, 0.6) is 11.6 Å². The van der Waals surface area contributed by atoms with Crippen molar-refractivity contribution in [3.05, 3.63) is 66.2 Å². The summed E-state index contributed by atoms with van der Waals surface area (Å²) in [6.07, 6.45) is 0.226. The Balaban J connectivity index is 1.78. The number of benzene rings is 3. The average Bonchev–Trinajstić information content (AvgIpc) is 3.50. The maximum Gasteiger partial charge on any atom is 0.512 e. The van der Waals surface area contributed by atoms with E-state index in [-0.39, 0.29) is 5.88 Å². The molecule has 0 aliphatic heterocycles. The van der Waals surface area contributed by atoms with Crippen LogP contribution >= 0.6 is 11.7 Å². The second-order valence-electron chi connectivity index (χ2n) is 8.97. The number of urea groups is 1. The molecular weight excluding hydrogens is 518 g/mol. The van der Waals surface area contributed by atoms with Crippen molar-refractivity contribution in [3.63, 3.8) is 0 Å². The number of primary amides is 1. The molecule has 3 N–H and O–H groups in total. The van der Waals surface area contributed by atoms with Crippen LogP contribution < -0.4 is 20.1 Å². The molecule has 3 aromatic carbocycles. The second kappa shape index (κ2) is 11.0. The van der Waals surface area contributed by atoms with Gasteiger partial charge in [0.1, 0.15) is 16.8 Å². The summed E-state index contributed by atoms with van der Waals surface area (Å²) in [7, 11) is 1.55. The van der Waals surface area contributed by atoms with E-state index in [1.54, 1.807) is 17.7 Å². The highest BCUT2D eigenvalue weighted by atomic mass is 32.1. The van der Waals surface area contributed by atoms with Gasteiger partial charge in [0.05, 0.1) is 36.5 Å². The first-order valence-electron chi connectivity index (χ1n) is 12.4. The summed E-state index contributed by atoms with van der Waals surface area (Å²) in [4.78, 5) is 25.8. The molecule has 0 radical (unpaired) electrons. The van der Waals surface area contributed by atoms with Gasteiger partial charge in [-0.05, 0) is 48.4 Å². The van der Waals surface area contributed by atoms with Crippen LogP contribution in [0.25, 0.3) is 33.1 Å². The molecule has 0 spiro atoms. The number of para-hydroxylation sites is 1. The van der Waals surface area contributed by atoms with E-state index in [1.807, 2.05) is 61.5 Å². The lowest BCUT2D eigenvalue weighted by Gasteiger charge is -2.20. The number of carbonyl (C=O) groups excluding carboxylic acids is 1. The summed E-state index contributed by atoms with van der Waals surface area (Å²) in [6, 6.07) is 18.0. The number of nitrogens with two attached hydrogens (primary N) is 1. The van der Waals surface area contributed by atoms with Gasteiger partial charge < -0.3 is 24.9 Å². The molecule has 5 aromatic rings. The largest absolute Gasteiger partial charge is 0.512 e. The minimum Gasteiger partial charge on any atom is -0.496 e. The van der Waals surface area contributed by atoms with Gasteiger partial charge in [-0.25, -0.2) is 9.59 Å². The topological polar surface area (TPSA) is 133 Å². The number of carbonyl (C=O) groups is 2. The molecule has 200 valence electrons. The molecule has 0 aliphatic rings. The zero-order valence-corrected chi connectivity index (χ0v) is 22.3. The zero-order valence-electron chi connectivity index (χ0n) is 21.5. The summed E-state index contributed by atoms with van der Waals surface area (Å²) < 4.78 is 21.5. The molecule has 0 atom stereocenters. The van der Waals surface area contributed by atoms with E-state index in [0.717, 1.165) is 41.2 Å². The van der Waals surface area contributed by atoms with E-state index in [0.29, 0.717) is 46.6 Å². The Morgan fingerprint density at radius 2 is 1.87 bits per heavy atom. The lowest BCUT2D eigenvalue weighted by atomic mass is 10.0. The Kier molecular flexibility index (Phi) is 7.33. The number of aromatic nitrogens is 3. The van der Waals surface area contributed by atoms with Gasteiger partial charge in [-0.15, -0.1) is 0 Å². The van der Waals surface area contributed by atoms with Crippen LogP contribution in [0.15, 0.2) is 60.7 Å². The van der Waals surface area contributed by atoms with Gasteiger partial charge in [-0.1, -0.05) is 37.6 Å². The molecule has 5 rings (SSSR count). The first kappa shape index (κ1) is 26.0. The van der Waals surface area contributed by atoms with Crippen LogP contribution in [0.2, 0.25) is 0 Å². The highest BCUT2D eigenvalue weighted by Gasteiger charge is 2.26. The van der Waals surface area contributed by atoms with Crippen LogP contribution in [0.4, 0.5) is 15.3 Å². The number of hydrogen-bond acceptors (Lipinski definition) is 7. The van der Waals surface area contributed by atoms with Gasteiger partial charge >= 0.3 is 12.2 Å². The summed E-state index contributed by atoms with van der Waals surface area (Å²) in [5, 5.41) is 10.4.